The van der Waals surface area contributed by atoms with Crippen LogP contribution in [0.25, 0.3) is 83.1 Å². The number of hydrogen-bond acceptors (Lipinski definition) is 1. The maximum Gasteiger partial charge on any atom is 0.0553 e. The van der Waals surface area contributed by atoms with E-state index in [1.54, 1.807) is 0 Å². The Kier molecular flexibility index (Phi) is 7.31. The van der Waals surface area contributed by atoms with Crippen molar-refractivity contribution in [2.45, 2.75) is 19.3 Å². The van der Waals surface area contributed by atoms with Crippen molar-refractivity contribution in [2.75, 3.05) is 4.90 Å². The van der Waals surface area contributed by atoms with Crippen molar-refractivity contribution in [2.24, 2.45) is 0 Å². The summed E-state index contributed by atoms with van der Waals surface area (Å²) in [6.07, 6.45) is 4.57. The first-order valence-electron chi connectivity index (χ1n) is 20.6. The van der Waals surface area contributed by atoms with Crippen molar-refractivity contribution in [3.63, 3.8) is 0 Å². The van der Waals surface area contributed by atoms with Gasteiger partial charge in [-0.25, -0.2) is 0 Å². The van der Waals surface area contributed by atoms with Gasteiger partial charge in [-0.3, -0.25) is 0 Å². The molecule has 59 heavy (non-hydrogen) atoms. The third-order valence-corrected chi connectivity index (χ3v) is 12.8. The Balaban J connectivity index is 0.945. The third kappa shape index (κ3) is 5.13. The molecule has 0 aliphatic heterocycles. The van der Waals surface area contributed by atoms with E-state index in [4.69, 9.17) is 0 Å². The highest BCUT2D eigenvalue weighted by molar-refractivity contribution is 6.24. The summed E-state index contributed by atoms with van der Waals surface area (Å²) in [6.45, 7) is 4.77. The smallest absolute Gasteiger partial charge is 0.0553 e. The van der Waals surface area contributed by atoms with E-state index in [1.165, 1.54) is 98.9 Å². The number of fused-ring (bicyclic) bond motifs is 6. The quantitative estimate of drug-likeness (QED) is 0.121. The molecule has 1 aromatic heterocycles. The second-order valence-electron chi connectivity index (χ2n) is 16.6. The third-order valence-electron chi connectivity index (χ3n) is 12.8. The van der Waals surface area contributed by atoms with Gasteiger partial charge in [0, 0.05) is 38.6 Å². The first-order chi connectivity index (χ1) is 29.0. The van der Waals surface area contributed by atoms with Gasteiger partial charge in [-0.1, -0.05) is 159 Å². The number of rotatable bonds is 6. The molecule has 0 atom stereocenters. The van der Waals surface area contributed by atoms with Crippen LogP contribution in [-0.4, -0.2) is 4.57 Å². The molecule has 0 N–H and O–H groups in total. The summed E-state index contributed by atoms with van der Waals surface area (Å²) < 4.78 is 2.42. The summed E-state index contributed by atoms with van der Waals surface area (Å²) in [6, 6.07) is 71.5. The predicted octanol–water partition coefficient (Wildman–Crippen LogP) is 15.6. The van der Waals surface area contributed by atoms with E-state index in [1.807, 2.05) is 0 Å². The zero-order valence-electron chi connectivity index (χ0n) is 33.0. The van der Waals surface area contributed by atoms with Gasteiger partial charge in [0.15, 0.2) is 0 Å². The molecule has 12 rings (SSSR count). The Bertz CT molecular complexity index is 3460. The molecule has 11 aromatic rings. The van der Waals surface area contributed by atoms with Gasteiger partial charge in [-0.15, -0.1) is 0 Å². The van der Waals surface area contributed by atoms with Crippen molar-refractivity contribution in [3.8, 4) is 16.8 Å². The average Bonchev–Trinajstić information content (AvgIpc) is 3.74. The second-order valence-corrected chi connectivity index (χ2v) is 16.6. The van der Waals surface area contributed by atoms with E-state index in [-0.39, 0.29) is 5.41 Å². The fourth-order valence-electron chi connectivity index (χ4n) is 10.1. The van der Waals surface area contributed by atoms with Crippen molar-refractivity contribution >= 4 is 83.3 Å². The summed E-state index contributed by atoms with van der Waals surface area (Å²) in [7, 11) is 0. The normalized spacial score (nSPS) is 13.3. The van der Waals surface area contributed by atoms with Gasteiger partial charge < -0.3 is 9.47 Å². The molecule has 0 fully saturated rings. The monoisotopic (exact) mass is 752 g/mol. The molecule has 0 saturated carbocycles. The lowest BCUT2D eigenvalue weighted by Gasteiger charge is -2.29. The van der Waals surface area contributed by atoms with E-state index < -0.39 is 0 Å². The van der Waals surface area contributed by atoms with Gasteiger partial charge in [0.1, 0.15) is 0 Å². The van der Waals surface area contributed by atoms with Gasteiger partial charge in [0.2, 0.25) is 0 Å². The minimum atomic E-state index is -0.194. The zero-order valence-corrected chi connectivity index (χ0v) is 33.0. The molecule has 1 aliphatic carbocycles. The molecular formula is C57H40N2. The fourth-order valence-corrected chi connectivity index (χ4v) is 10.1. The Morgan fingerprint density at radius 1 is 0.424 bits per heavy atom. The standard InChI is InChI=1S/C57H40N2/c1-57(2)50-33-37(24-25-38-32-41-28-27-39-15-13-23-52-55(39)56(41)54(34-38)59(52)43-18-7-4-8-19-43)26-30-47(50)48-31-29-44(36-51(48)57)58(42-16-5-3-6-17-42)53-35-40-14-9-10-20-45(40)46-21-11-12-22-49(46)53/h3-36H,1-2H3. The van der Waals surface area contributed by atoms with Crippen LogP contribution < -0.4 is 4.90 Å². The summed E-state index contributed by atoms with van der Waals surface area (Å²) in [5.41, 5.74) is 14.7. The van der Waals surface area contributed by atoms with Crippen molar-refractivity contribution in [1.29, 1.82) is 0 Å². The molecule has 2 nitrogen and oxygen atoms in total. The highest BCUT2D eigenvalue weighted by atomic mass is 15.1. The number of para-hydroxylation sites is 2. The number of anilines is 3. The van der Waals surface area contributed by atoms with E-state index in [0.29, 0.717) is 0 Å². The lowest BCUT2D eigenvalue weighted by molar-refractivity contribution is 0.660. The van der Waals surface area contributed by atoms with Gasteiger partial charge in [0.05, 0.1) is 16.7 Å². The van der Waals surface area contributed by atoms with Crippen LogP contribution in [0.1, 0.15) is 36.1 Å². The Morgan fingerprint density at radius 2 is 1.07 bits per heavy atom. The summed E-state index contributed by atoms with van der Waals surface area (Å²) in [5, 5.41) is 10.2. The lowest BCUT2D eigenvalue weighted by atomic mass is 9.81. The zero-order chi connectivity index (χ0) is 39.2. The Labute approximate surface area is 343 Å². The van der Waals surface area contributed by atoms with Gasteiger partial charge in [0.25, 0.3) is 0 Å². The summed E-state index contributed by atoms with van der Waals surface area (Å²) >= 11 is 0. The molecular weight excluding hydrogens is 713 g/mol. The minimum Gasteiger partial charge on any atom is -0.310 e. The maximum absolute atomic E-state index is 2.44. The van der Waals surface area contributed by atoms with Gasteiger partial charge in [-0.2, -0.15) is 0 Å². The molecule has 0 spiro atoms. The van der Waals surface area contributed by atoms with Gasteiger partial charge >= 0.3 is 0 Å². The van der Waals surface area contributed by atoms with Crippen molar-refractivity contribution in [3.05, 3.63) is 216 Å². The molecule has 0 amide bonds. The largest absolute Gasteiger partial charge is 0.310 e. The van der Waals surface area contributed by atoms with Crippen LogP contribution in [0.5, 0.6) is 0 Å². The molecule has 278 valence electrons. The molecule has 0 saturated heterocycles. The van der Waals surface area contributed by atoms with E-state index in [9.17, 15) is 0 Å². The van der Waals surface area contributed by atoms with Crippen LogP contribution >= 0.6 is 0 Å². The van der Waals surface area contributed by atoms with Crippen LogP contribution in [0.2, 0.25) is 0 Å². The van der Waals surface area contributed by atoms with Crippen LogP contribution in [-0.2, 0) is 5.41 Å². The highest BCUT2D eigenvalue weighted by Crippen LogP contribution is 2.52. The fraction of sp³-hybridized carbons (Fsp3) is 0.0526. The average molecular weight is 753 g/mol. The van der Waals surface area contributed by atoms with Crippen molar-refractivity contribution < 1.29 is 0 Å². The molecule has 0 radical (unpaired) electrons. The predicted molar refractivity (Wildman–Crippen MR) is 252 cm³/mol. The van der Waals surface area contributed by atoms with Crippen LogP contribution in [0.15, 0.2) is 194 Å². The first kappa shape index (κ1) is 33.7. The Hall–Kier alpha value is -7.42. The highest BCUT2D eigenvalue weighted by Gasteiger charge is 2.36. The molecule has 0 bridgehead atoms. The first-order valence-corrected chi connectivity index (χ1v) is 20.6. The molecule has 1 heterocycles. The van der Waals surface area contributed by atoms with E-state index in [2.05, 4.69) is 230 Å². The number of hydrogen-bond donors (Lipinski definition) is 0. The minimum absolute atomic E-state index is 0.194. The molecule has 10 aromatic carbocycles. The SMILES string of the molecule is CC1(C)c2cc(C=Cc3cc4ccc5cccc6c5c4c(c3)n6-c3ccccc3)ccc2-c2ccc(N(c3ccccc3)c3cc4ccccc4c4ccccc34)cc21. The maximum atomic E-state index is 2.44. The second kappa shape index (κ2) is 12.8. The molecule has 0 unspecified atom stereocenters. The number of nitrogens with zero attached hydrogens (tertiary/aromatic N) is 2. The number of benzene rings is 10. The van der Waals surface area contributed by atoms with Crippen LogP contribution in [0.3, 0.4) is 0 Å². The lowest BCUT2D eigenvalue weighted by Crippen LogP contribution is -2.17. The summed E-state index contributed by atoms with van der Waals surface area (Å²) in [5.74, 6) is 0. The summed E-state index contributed by atoms with van der Waals surface area (Å²) in [4.78, 5) is 2.44. The van der Waals surface area contributed by atoms with Crippen molar-refractivity contribution in [1.82, 2.24) is 4.57 Å². The van der Waals surface area contributed by atoms with Crippen LogP contribution in [0.4, 0.5) is 17.1 Å². The molecule has 2 heteroatoms. The van der Waals surface area contributed by atoms with E-state index in [0.717, 1.165) is 11.4 Å². The van der Waals surface area contributed by atoms with Gasteiger partial charge in [-0.05, 0) is 121 Å². The Morgan fingerprint density at radius 3 is 1.90 bits per heavy atom. The topological polar surface area (TPSA) is 8.17 Å². The number of aromatic nitrogens is 1. The van der Waals surface area contributed by atoms with Crippen LogP contribution in [0, 0.1) is 0 Å². The van der Waals surface area contributed by atoms with E-state index >= 15 is 0 Å². The molecule has 1 aliphatic rings.